The van der Waals surface area contributed by atoms with Gasteiger partial charge in [-0.3, -0.25) is 0 Å². The molecule has 0 saturated carbocycles. The second-order valence-electron chi connectivity index (χ2n) is 2.61. The molecule has 0 bridgehead atoms. The van der Waals surface area contributed by atoms with Crippen LogP contribution in [-0.2, 0) is 6.42 Å². The molecular weight excluding hydrogens is 204 g/mol. The largest absolute Gasteiger partial charge is 0.508 e. The molecule has 0 amide bonds. The van der Waals surface area contributed by atoms with Crippen LogP contribution in [0, 0.1) is 0 Å². The molecule has 1 unspecified atom stereocenters. The molecule has 0 aromatic heterocycles. The van der Waals surface area contributed by atoms with Crippen molar-refractivity contribution in [3.63, 3.8) is 0 Å². The normalized spacial score (nSPS) is 12.9. The molecule has 1 N–H and O–H groups in total. The zero-order chi connectivity index (χ0) is 8.27. The summed E-state index contributed by atoms with van der Waals surface area (Å²) >= 11 is 3.43. The lowest BCUT2D eigenvalue weighted by Crippen LogP contribution is -1.95. The summed E-state index contributed by atoms with van der Waals surface area (Å²) in [4.78, 5) is 0.413. The van der Waals surface area contributed by atoms with E-state index in [9.17, 15) is 5.11 Å². The molecule has 0 aliphatic rings. The number of benzene rings is 1. The number of para-hydroxylation sites is 1. The van der Waals surface area contributed by atoms with Gasteiger partial charge in [0.2, 0.25) is 0 Å². The number of alkyl halides is 1. The van der Waals surface area contributed by atoms with Crippen LogP contribution in [0.15, 0.2) is 24.3 Å². The quantitative estimate of drug-likeness (QED) is 0.752. The lowest BCUT2D eigenvalue weighted by molar-refractivity contribution is 0.468. The van der Waals surface area contributed by atoms with Crippen molar-refractivity contribution in [2.24, 2.45) is 0 Å². The Morgan fingerprint density at radius 3 is 2.64 bits per heavy atom. The molecule has 2 heteroatoms. The number of halogens is 1. The summed E-state index contributed by atoms with van der Waals surface area (Å²) in [5, 5.41) is 9.34. The molecule has 1 aromatic carbocycles. The van der Waals surface area contributed by atoms with E-state index < -0.39 is 0 Å². The summed E-state index contributed by atoms with van der Waals surface area (Å²) in [6, 6.07) is 7.42. The first kappa shape index (κ1) is 8.60. The Balaban J connectivity index is 2.78. The van der Waals surface area contributed by atoms with Gasteiger partial charge in [0.25, 0.3) is 0 Å². The molecule has 60 valence electrons. The molecule has 0 aliphatic heterocycles. The Labute approximate surface area is 75.2 Å². The number of aromatic hydroxyl groups is 1. The highest BCUT2D eigenvalue weighted by atomic mass is 79.9. The second kappa shape index (κ2) is 3.77. The summed E-state index contributed by atoms with van der Waals surface area (Å²) in [6.45, 7) is 2.06. The zero-order valence-corrected chi connectivity index (χ0v) is 8.01. The molecule has 0 fully saturated rings. The van der Waals surface area contributed by atoms with Crippen LogP contribution in [0.1, 0.15) is 12.5 Å². The van der Waals surface area contributed by atoms with E-state index in [-0.39, 0.29) is 0 Å². The van der Waals surface area contributed by atoms with Gasteiger partial charge in [-0.05, 0) is 18.1 Å². The number of rotatable bonds is 2. The van der Waals surface area contributed by atoms with Gasteiger partial charge >= 0.3 is 0 Å². The van der Waals surface area contributed by atoms with Gasteiger partial charge in [0.15, 0.2) is 0 Å². The third-order valence-corrected chi connectivity index (χ3v) is 1.82. The first-order valence-electron chi connectivity index (χ1n) is 3.61. The van der Waals surface area contributed by atoms with E-state index in [0.29, 0.717) is 10.6 Å². The van der Waals surface area contributed by atoms with Crippen LogP contribution in [0.4, 0.5) is 0 Å². The average molecular weight is 215 g/mol. The third kappa shape index (κ3) is 2.54. The van der Waals surface area contributed by atoms with E-state index in [4.69, 9.17) is 0 Å². The summed E-state index contributed by atoms with van der Waals surface area (Å²) in [7, 11) is 0. The fraction of sp³-hybridized carbons (Fsp3) is 0.333. The number of hydrogen-bond donors (Lipinski definition) is 1. The first-order chi connectivity index (χ1) is 5.20. The Kier molecular flexibility index (Phi) is 2.94. The molecule has 0 spiro atoms. The predicted molar refractivity (Wildman–Crippen MR) is 50.2 cm³/mol. The lowest BCUT2D eigenvalue weighted by atomic mass is 10.1. The van der Waals surface area contributed by atoms with Crippen molar-refractivity contribution in [1.82, 2.24) is 0 Å². The standard InChI is InChI=1S/C9H11BrO/c1-7(10)6-8-4-2-3-5-9(8)11/h2-5,7,11H,6H2,1H3. The van der Waals surface area contributed by atoms with Crippen LogP contribution in [0.3, 0.4) is 0 Å². The van der Waals surface area contributed by atoms with Crippen LogP contribution in [0.2, 0.25) is 0 Å². The fourth-order valence-electron chi connectivity index (χ4n) is 0.986. The smallest absolute Gasteiger partial charge is 0.118 e. The van der Waals surface area contributed by atoms with Gasteiger partial charge < -0.3 is 5.11 Å². The number of phenolic OH excluding ortho intramolecular Hbond substituents is 1. The summed E-state index contributed by atoms with van der Waals surface area (Å²) in [6.07, 6.45) is 0.868. The highest BCUT2D eigenvalue weighted by molar-refractivity contribution is 9.09. The van der Waals surface area contributed by atoms with Crippen LogP contribution in [0.25, 0.3) is 0 Å². The van der Waals surface area contributed by atoms with Crippen molar-refractivity contribution < 1.29 is 5.11 Å². The second-order valence-corrected chi connectivity index (χ2v) is 4.18. The van der Waals surface area contributed by atoms with Gasteiger partial charge in [-0.1, -0.05) is 41.1 Å². The van der Waals surface area contributed by atoms with Gasteiger partial charge in [-0.25, -0.2) is 0 Å². The van der Waals surface area contributed by atoms with Gasteiger partial charge in [0, 0.05) is 4.83 Å². The maximum absolute atomic E-state index is 9.34. The van der Waals surface area contributed by atoms with Crippen molar-refractivity contribution >= 4 is 15.9 Å². The maximum Gasteiger partial charge on any atom is 0.118 e. The highest BCUT2D eigenvalue weighted by Gasteiger charge is 2.02. The molecule has 0 aliphatic carbocycles. The molecular formula is C9H11BrO. The minimum absolute atomic E-state index is 0.388. The zero-order valence-electron chi connectivity index (χ0n) is 6.42. The van der Waals surface area contributed by atoms with E-state index in [0.717, 1.165) is 12.0 Å². The Morgan fingerprint density at radius 2 is 2.09 bits per heavy atom. The van der Waals surface area contributed by atoms with Crippen molar-refractivity contribution in [2.75, 3.05) is 0 Å². The maximum atomic E-state index is 9.34. The third-order valence-electron chi connectivity index (χ3n) is 1.49. The first-order valence-corrected chi connectivity index (χ1v) is 4.52. The summed E-state index contributed by atoms with van der Waals surface area (Å²) < 4.78 is 0. The van der Waals surface area contributed by atoms with Gasteiger partial charge in [0.05, 0.1) is 0 Å². The van der Waals surface area contributed by atoms with Crippen molar-refractivity contribution in [3.8, 4) is 5.75 Å². The van der Waals surface area contributed by atoms with Crippen molar-refractivity contribution in [2.45, 2.75) is 18.2 Å². The monoisotopic (exact) mass is 214 g/mol. The number of phenols is 1. The van der Waals surface area contributed by atoms with Crippen LogP contribution in [-0.4, -0.2) is 9.93 Å². The van der Waals surface area contributed by atoms with E-state index in [1.165, 1.54) is 0 Å². The molecule has 0 radical (unpaired) electrons. The van der Waals surface area contributed by atoms with E-state index in [1.54, 1.807) is 6.07 Å². The van der Waals surface area contributed by atoms with Crippen molar-refractivity contribution in [3.05, 3.63) is 29.8 Å². The van der Waals surface area contributed by atoms with Gasteiger partial charge in [0.1, 0.15) is 5.75 Å². The Bertz CT molecular complexity index is 233. The van der Waals surface area contributed by atoms with Crippen molar-refractivity contribution in [1.29, 1.82) is 0 Å². The predicted octanol–water partition coefficient (Wildman–Crippen LogP) is 2.72. The molecule has 1 aromatic rings. The fourth-order valence-corrected chi connectivity index (χ4v) is 1.34. The van der Waals surface area contributed by atoms with Crippen LogP contribution < -0.4 is 0 Å². The topological polar surface area (TPSA) is 20.2 Å². The van der Waals surface area contributed by atoms with E-state index in [1.807, 2.05) is 18.2 Å². The molecule has 1 nitrogen and oxygen atoms in total. The minimum Gasteiger partial charge on any atom is -0.508 e. The molecule has 11 heavy (non-hydrogen) atoms. The molecule has 1 rings (SSSR count). The summed E-state index contributed by atoms with van der Waals surface area (Å²) in [5.74, 6) is 0.388. The SMILES string of the molecule is CC(Br)Cc1ccccc1O. The molecule has 0 heterocycles. The molecule has 1 atom stereocenters. The van der Waals surface area contributed by atoms with E-state index in [2.05, 4.69) is 22.9 Å². The Morgan fingerprint density at radius 1 is 1.45 bits per heavy atom. The lowest BCUT2D eigenvalue weighted by Gasteiger charge is -2.04. The van der Waals surface area contributed by atoms with Crippen LogP contribution >= 0.6 is 15.9 Å². The highest BCUT2D eigenvalue weighted by Crippen LogP contribution is 2.19. The molecule has 0 saturated heterocycles. The van der Waals surface area contributed by atoms with E-state index >= 15 is 0 Å². The van der Waals surface area contributed by atoms with Gasteiger partial charge in [-0.15, -0.1) is 0 Å². The average Bonchev–Trinajstić information content (AvgIpc) is 1.93. The Hall–Kier alpha value is -0.500. The van der Waals surface area contributed by atoms with Gasteiger partial charge in [-0.2, -0.15) is 0 Å². The number of hydrogen-bond acceptors (Lipinski definition) is 1. The minimum atomic E-state index is 0.388. The summed E-state index contributed by atoms with van der Waals surface area (Å²) in [5.41, 5.74) is 0.997. The van der Waals surface area contributed by atoms with Crippen LogP contribution in [0.5, 0.6) is 5.75 Å².